The lowest BCUT2D eigenvalue weighted by Gasteiger charge is -2.40. The monoisotopic (exact) mass is 230 g/mol. The Kier molecular flexibility index (Phi) is 3.12. The zero-order valence-corrected chi connectivity index (χ0v) is 8.96. The van der Waals surface area contributed by atoms with Crippen molar-refractivity contribution >= 4 is 6.03 Å². The third-order valence-corrected chi connectivity index (χ3v) is 3.46. The minimum Gasteiger partial charge on any atom is -0.352 e. The molecule has 3 nitrogen and oxygen atoms in total. The van der Waals surface area contributed by atoms with Crippen LogP contribution in [0.1, 0.15) is 25.7 Å². The number of amides is 2. The Hall–Kier alpha value is -1.13. The van der Waals surface area contributed by atoms with Gasteiger partial charge in [-0.05, 0) is 24.8 Å². The van der Waals surface area contributed by atoms with Crippen LogP contribution < -0.4 is 11.1 Å². The number of allylic oxidation sites excluding steroid dienone is 1. The fourth-order valence-electron chi connectivity index (χ4n) is 2.49. The van der Waals surface area contributed by atoms with Crippen LogP contribution in [0.4, 0.5) is 13.6 Å². The molecule has 5 heteroatoms. The second-order valence-electron chi connectivity index (χ2n) is 4.54. The summed E-state index contributed by atoms with van der Waals surface area (Å²) in [6.07, 6.45) is 1.28. The van der Waals surface area contributed by atoms with Crippen molar-refractivity contribution in [3.8, 4) is 0 Å². The molecule has 0 radical (unpaired) electrons. The number of rotatable bonds is 2. The molecule has 2 aliphatic carbocycles. The first kappa shape index (κ1) is 11.4. The lowest BCUT2D eigenvalue weighted by Crippen LogP contribution is -2.50. The van der Waals surface area contributed by atoms with Gasteiger partial charge in [-0.2, -0.15) is 0 Å². The summed E-state index contributed by atoms with van der Waals surface area (Å²) in [6, 6.07) is -0.650. The summed E-state index contributed by atoms with van der Waals surface area (Å²) in [5, 5.41) is 2.60. The van der Waals surface area contributed by atoms with Crippen molar-refractivity contribution in [2.24, 2.45) is 11.7 Å². The van der Waals surface area contributed by atoms with Crippen LogP contribution in [0.3, 0.4) is 0 Å². The van der Waals surface area contributed by atoms with Gasteiger partial charge in [0.15, 0.2) is 0 Å². The standard InChI is InChI=1S/C11H16F2N2O/c12-6-1-2-7(9(13)5-6)8-3-4-10(8)15-11(14)16/h2,6,8-10H,1,3-5H2,(H3,14,15,16). The highest BCUT2D eigenvalue weighted by Crippen LogP contribution is 2.39. The predicted octanol–water partition coefficient (Wildman–Crippen LogP) is 1.83. The first-order valence-electron chi connectivity index (χ1n) is 5.62. The van der Waals surface area contributed by atoms with E-state index in [-0.39, 0.29) is 24.8 Å². The Labute approximate surface area is 93.1 Å². The quantitative estimate of drug-likeness (QED) is 0.699. The van der Waals surface area contributed by atoms with E-state index in [2.05, 4.69) is 5.32 Å². The van der Waals surface area contributed by atoms with Gasteiger partial charge in [0.1, 0.15) is 12.3 Å². The third kappa shape index (κ3) is 2.18. The van der Waals surface area contributed by atoms with Crippen LogP contribution in [0, 0.1) is 5.92 Å². The van der Waals surface area contributed by atoms with E-state index in [0.717, 1.165) is 12.8 Å². The van der Waals surface area contributed by atoms with Crippen molar-refractivity contribution in [1.82, 2.24) is 5.32 Å². The molecule has 2 rings (SSSR count). The third-order valence-electron chi connectivity index (χ3n) is 3.46. The van der Waals surface area contributed by atoms with Gasteiger partial charge >= 0.3 is 6.03 Å². The molecule has 1 fully saturated rings. The maximum Gasteiger partial charge on any atom is 0.312 e. The molecule has 16 heavy (non-hydrogen) atoms. The first-order chi connectivity index (χ1) is 7.58. The highest BCUT2D eigenvalue weighted by Gasteiger charge is 2.39. The zero-order chi connectivity index (χ0) is 11.7. The average molecular weight is 230 g/mol. The second-order valence-corrected chi connectivity index (χ2v) is 4.54. The van der Waals surface area contributed by atoms with Gasteiger partial charge in [-0.1, -0.05) is 6.08 Å². The minimum absolute atomic E-state index is 0.00926. The maximum absolute atomic E-state index is 13.6. The lowest BCUT2D eigenvalue weighted by atomic mass is 9.71. The summed E-state index contributed by atoms with van der Waals surface area (Å²) in [5.41, 5.74) is 5.68. The molecule has 4 unspecified atom stereocenters. The van der Waals surface area contributed by atoms with Gasteiger partial charge in [0, 0.05) is 18.4 Å². The smallest absolute Gasteiger partial charge is 0.312 e. The number of nitrogens with two attached hydrogens (primary N) is 1. The van der Waals surface area contributed by atoms with Gasteiger partial charge in [0.2, 0.25) is 0 Å². The molecular formula is C11H16F2N2O. The van der Waals surface area contributed by atoms with Crippen molar-refractivity contribution in [3.63, 3.8) is 0 Å². The topological polar surface area (TPSA) is 55.1 Å². The predicted molar refractivity (Wildman–Crippen MR) is 56.3 cm³/mol. The van der Waals surface area contributed by atoms with Crippen molar-refractivity contribution in [1.29, 1.82) is 0 Å². The van der Waals surface area contributed by atoms with E-state index in [4.69, 9.17) is 5.73 Å². The number of carbonyl (C=O) groups is 1. The molecule has 0 aliphatic heterocycles. The summed E-state index contributed by atoms with van der Waals surface area (Å²) in [7, 11) is 0. The van der Waals surface area contributed by atoms with Crippen LogP contribution in [-0.2, 0) is 0 Å². The molecule has 0 aromatic carbocycles. The molecule has 0 heterocycles. The van der Waals surface area contributed by atoms with Crippen LogP contribution in [-0.4, -0.2) is 24.4 Å². The Morgan fingerprint density at radius 3 is 2.69 bits per heavy atom. The summed E-state index contributed by atoms with van der Waals surface area (Å²) < 4.78 is 26.6. The molecule has 0 saturated heterocycles. The normalized spacial score (nSPS) is 38.5. The number of hydrogen-bond donors (Lipinski definition) is 2. The van der Waals surface area contributed by atoms with Crippen LogP contribution >= 0.6 is 0 Å². The average Bonchev–Trinajstić information content (AvgIpc) is 2.17. The van der Waals surface area contributed by atoms with Gasteiger partial charge in [0.05, 0.1) is 0 Å². The Bertz CT molecular complexity index is 319. The number of nitrogens with one attached hydrogen (secondary N) is 1. The highest BCUT2D eigenvalue weighted by atomic mass is 19.1. The van der Waals surface area contributed by atoms with Crippen LogP contribution in [0.15, 0.2) is 11.6 Å². The van der Waals surface area contributed by atoms with Crippen molar-refractivity contribution in [2.75, 3.05) is 0 Å². The lowest BCUT2D eigenvalue weighted by molar-refractivity contribution is 0.174. The van der Waals surface area contributed by atoms with Crippen LogP contribution in [0.2, 0.25) is 0 Å². The fraction of sp³-hybridized carbons (Fsp3) is 0.727. The molecule has 0 aromatic rings. The number of primary amides is 1. The molecule has 0 spiro atoms. The fourth-order valence-corrected chi connectivity index (χ4v) is 2.49. The van der Waals surface area contributed by atoms with Gasteiger partial charge in [-0.25, -0.2) is 13.6 Å². The van der Waals surface area contributed by atoms with Crippen molar-refractivity contribution < 1.29 is 13.6 Å². The van der Waals surface area contributed by atoms with Crippen LogP contribution in [0.25, 0.3) is 0 Å². The van der Waals surface area contributed by atoms with E-state index in [9.17, 15) is 13.6 Å². The summed E-state index contributed by atoms with van der Waals surface area (Å²) >= 11 is 0. The molecule has 3 N–H and O–H groups in total. The van der Waals surface area contributed by atoms with Gasteiger partial charge in [-0.3, -0.25) is 0 Å². The van der Waals surface area contributed by atoms with Crippen molar-refractivity contribution in [3.05, 3.63) is 11.6 Å². The Balaban J connectivity index is 1.99. The van der Waals surface area contributed by atoms with Crippen molar-refractivity contribution in [2.45, 2.75) is 44.1 Å². The summed E-state index contributed by atoms with van der Waals surface area (Å²) in [5.74, 6) is 0.00926. The zero-order valence-electron chi connectivity index (χ0n) is 8.96. The number of urea groups is 1. The van der Waals surface area contributed by atoms with Gasteiger partial charge in [-0.15, -0.1) is 0 Å². The molecular weight excluding hydrogens is 214 g/mol. The second kappa shape index (κ2) is 4.39. The molecule has 90 valence electrons. The molecule has 4 atom stereocenters. The largest absolute Gasteiger partial charge is 0.352 e. The van der Waals surface area contributed by atoms with E-state index >= 15 is 0 Å². The molecule has 1 saturated carbocycles. The van der Waals surface area contributed by atoms with Gasteiger partial charge in [0.25, 0.3) is 0 Å². The molecule has 0 bridgehead atoms. The van der Waals surface area contributed by atoms with E-state index in [1.54, 1.807) is 6.08 Å². The number of halogens is 2. The molecule has 0 aromatic heterocycles. The first-order valence-corrected chi connectivity index (χ1v) is 5.62. The summed E-state index contributed by atoms with van der Waals surface area (Å²) in [6.45, 7) is 0. The van der Waals surface area contributed by atoms with E-state index in [1.807, 2.05) is 0 Å². The Morgan fingerprint density at radius 1 is 1.44 bits per heavy atom. The SMILES string of the molecule is NC(=O)NC1CCC1C1=CCC(F)CC1F. The number of alkyl halides is 2. The van der Waals surface area contributed by atoms with E-state index in [0.29, 0.717) is 5.57 Å². The van der Waals surface area contributed by atoms with Crippen LogP contribution in [0.5, 0.6) is 0 Å². The number of carbonyl (C=O) groups excluding carboxylic acids is 1. The number of hydrogen-bond acceptors (Lipinski definition) is 1. The van der Waals surface area contributed by atoms with E-state index in [1.165, 1.54) is 0 Å². The highest BCUT2D eigenvalue weighted by molar-refractivity contribution is 5.72. The van der Waals surface area contributed by atoms with E-state index < -0.39 is 18.4 Å². The molecule has 2 aliphatic rings. The Morgan fingerprint density at radius 2 is 2.19 bits per heavy atom. The van der Waals surface area contributed by atoms with Gasteiger partial charge < -0.3 is 11.1 Å². The maximum atomic E-state index is 13.6. The summed E-state index contributed by atoms with van der Waals surface area (Å²) in [4.78, 5) is 10.7. The molecule has 2 amide bonds. The minimum atomic E-state index is -1.20.